The Morgan fingerprint density at radius 1 is 1.10 bits per heavy atom. The van der Waals surface area contributed by atoms with E-state index in [1.807, 2.05) is 13.8 Å². The quantitative estimate of drug-likeness (QED) is 0.729. The number of anilines is 1. The zero-order valence-corrected chi connectivity index (χ0v) is 18.4. The molecule has 3 aliphatic rings. The second-order valence-electron chi connectivity index (χ2n) is 9.20. The fourth-order valence-electron chi connectivity index (χ4n) is 5.46. The zero-order valence-electron chi connectivity index (χ0n) is 18.4. The molecule has 4 heterocycles. The van der Waals surface area contributed by atoms with Crippen molar-refractivity contribution < 1.29 is 9.23 Å². The van der Waals surface area contributed by atoms with E-state index in [0.717, 1.165) is 57.3 Å². The third-order valence-electron chi connectivity index (χ3n) is 7.04. The van der Waals surface area contributed by atoms with Gasteiger partial charge in [-0.25, -0.2) is 9.37 Å². The van der Waals surface area contributed by atoms with Gasteiger partial charge in [-0.15, -0.1) is 0 Å². The lowest BCUT2D eigenvalue weighted by Crippen LogP contribution is -2.56. The van der Waals surface area contributed by atoms with Crippen molar-refractivity contribution in [1.82, 2.24) is 24.9 Å². The van der Waals surface area contributed by atoms with E-state index in [-0.39, 0.29) is 5.82 Å². The lowest BCUT2D eigenvalue weighted by atomic mass is 9.79. The average Bonchev–Trinajstić information content (AvgIpc) is 3.20. The number of halogens is 1. The van der Waals surface area contributed by atoms with Gasteiger partial charge in [0.2, 0.25) is 0 Å². The first-order valence-corrected chi connectivity index (χ1v) is 11.4. The molecule has 2 saturated heterocycles. The molecular weight excluding hydrogens is 395 g/mol. The number of hydrogen-bond donors (Lipinski definition) is 0. The minimum absolute atomic E-state index is 0.317. The number of aryl methyl sites for hydroxylation is 1. The number of pyridine rings is 1. The summed E-state index contributed by atoms with van der Waals surface area (Å²) in [5.74, 6) is -0.317. The summed E-state index contributed by atoms with van der Waals surface area (Å²) < 4.78 is 14.1. The Morgan fingerprint density at radius 3 is 2.61 bits per heavy atom. The van der Waals surface area contributed by atoms with E-state index >= 15 is 0 Å². The summed E-state index contributed by atoms with van der Waals surface area (Å²) in [6.07, 6.45) is 8.54. The lowest BCUT2D eigenvalue weighted by molar-refractivity contribution is -0.246. The predicted molar refractivity (Wildman–Crippen MR) is 117 cm³/mol. The average molecular weight is 427 g/mol. The van der Waals surface area contributed by atoms with E-state index in [0.29, 0.717) is 22.8 Å². The number of aromatic nitrogens is 3. The van der Waals surface area contributed by atoms with Gasteiger partial charge >= 0.3 is 0 Å². The molecule has 8 heteroatoms. The minimum Gasteiger partial charge on any atom is -0.367 e. The van der Waals surface area contributed by atoms with Crippen molar-refractivity contribution in [2.45, 2.75) is 39.2 Å². The summed E-state index contributed by atoms with van der Waals surface area (Å²) >= 11 is 0. The molecule has 2 aromatic heterocycles. The first kappa shape index (κ1) is 20.7. The molecule has 0 radical (unpaired) electrons. The molecular formula is C23H31FN6O. The molecule has 1 aliphatic carbocycles. The second kappa shape index (κ2) is 8.41. The smallest absolute Gasteiger partial charge is 0.143 e. The Hall–Kier alpha value is -2.16. The Bertz CT molecular complexity index is 909. The molecule has 0 amide bonds. The van der Waals surface area contributed by atoms with Crippen molar-refractivity contribution >= 4 is 5.69 Å². The third kappa shape index (κ3) is 4.16. The molecule has 5 rings (SSSR count). The second-order valence-corrected chi connectivity index (χ2v) is 9.20. The van der Waals surface area contributed by atoms with Gasteiger partial charge in [-0.2, -0.15) is 5.06 Å². The van der Waals surface area contributed by atoms with Crippen LogP contribution < -0.4 is 4.90 Å². The van der Waals surface area contributed by atoms with Gasteiger partial charge in [0, 0.05) is 63.0 Å². The van der Waals surface area contributed by atoms with Crippen molar-refractivity contribution in [3.8, 4) is 11.4 Å². The van der Waals surface area contributed by atoms with Crippen molar-refractivity contribution in [2.24, 2.45) is 5.41 Å². The van der Waals surface area contributed by atoms with E-state index < -0.39 is 0 Å². The summed E-state index contributed by atoms with van der Waals surface area (Å²) in [5, 5.41) is 2.12. The molecule has 1 atom stereocenters. The standard InChI is InChI=1S/C23H31FN6O/c1-3-31-30-15-23(16-30)5-4-19(11-23)28-6-8-29(9-7-28)21-10-18(24)13-27-22(21)20-14-25-17(2)12-26-20/h10,12-14,19H,3-9,11,15-16H2,1-2H3/t19-/m1/s1. The highest BCUT2D eigenvalue weighted by Gasteiger charge is 2.49. The van der Waals surface area contributed by atoms with Crippen LogP contribution in [0.4, 0.5) is 10.1 Å². The Morgan fingerprint density at radius 2 is 1.90 bits per heavy atom. The van der Waals surface area contributed by atoms with Crippen LogP contribution >= 0.6 is 0 Å². The van der Waals surface area contributed by atoms with Crippen LogP contribution in [0.25, 0.3) is 11.4 Å². The van der Waals surface area contributed by atoms with Crippen LogP contribution in [0.2, 0.25) is 0 Å². The Balaban J connectivity index is 1.23. The van der Waals surface area contributed by atoms with Gasteiger partial charge in [0.05, 0.1) is 30.4 Å². The Labute approximate surface area is 183 Å². The molecule has 2 aliphatic heterocycles. The highest BCUT2D eigenvalue weighted by Crippen LogP contribution is 2.47. The monoisotopic (exact) mass is 426 g/mol. The molecule has 0 bridgehead atoms. The fraction of sp³-hybridized carbons (Fsp3) is 0.609. The number of hydrogen-bond acceptors (Lipinski definition) is 7. The fourth-order valence-corrected chi connectivity index (χ4v) is 5.46. The van der Waals surface area contributed by atoms with Crippen molar-refractivity contribution in [2.75, 3.05) is 50.8 Å². The van der Waals surface area contributed by atoms with Crippen LogP contribution in [0.3, 0.4) is 0 Å². The molecule has 0 aromatic carbocycles. The van der Waals surface area contributed by atoms with Gasteiger partial charge in [0.25, 0.3) is 0 Å². The number of piperazine rings is 1. The summed E-state index contributed by atoms with van der Waals surface area (Å²) in [6, 6.07) is 2.24. The Kier molecular flexibility index (Phi) is 5.62. The van der Waals surface area contributed by atoms with Crippen LogP contribution in [-0.2, 0) is 4.84 Å². The number of hydroxylamine groups is 2. The van der Waals surface area contributed by atoms with Crippen molar-refractivity contribution in [1.29, 1.82) is 0 Å². The third-order valence-corrected chi connectivity index (χ3v) is 7.04. The summed E-state index contributed by atoms with van der Waals surface area (Å²) in [4.78, 5) is 23.7. The summed E-state index contributed by atoms with van der Waals surface area (Å²) in [7, 11) is 0. The van der Waals surface area contributed by atoms with Crippen LogP contribution in [0, 0.1) is 18.2 Å². The maximum atomic E-state index is 14.1. The highest BCUT2D eigenvalue weighted by molar-refractivity contribution is 5.72. The van der Waals surface area contributed by atoms with Gasteiger partial charge in [0.1, 0.15) is 17.2 Å². The van der Waals surface area contributed by atoms with Gasteiger partial charge in [-0.3, -0.25) is 19.7 Å². The lowest BCUT2D eigenvalue weighted by Gasteiger charge is -2.47. The molecule has 2 aromatic rings. The SMILES string of the molecule is CCON1CC2(CC[C@@H](N3CCN(c4cc(F)cnc4-c4cnc(C)cn4)CC3)C2)C1. The molecule has 0 unspecified atom stereocenters. The largest absolute Gasteiger partial charge is 0.367 e. The van der Waals surface area contributed by atoms with E-state index in [4.69, 9.17) is 4.84 Å². The van der Waals surface area contributed by atoms with Crippen LogP contribution in [0.5, 0.6) is 0 Å². The van der Waals surface area contributed by atoms with Crippen molar-refractivity contribution in [3.63, 3.8) is 0 Å². The highest BCUT2D eigenvalue weighted by atomic mass is 19.1. The first-order valence-electron chi connectivity index (χ1n) is 11.4. The molecule has 166 valence electrons. The van der Waals surface area contributed by atoms with E-state index in [2.05, 4.69) is 29.8 Å². The van der Waals surface area contributed by atoms with Gasteiger partial charge in [0.15, 0.2) is 0 Å². The molecule has 3 fully saturated rings. The first-order chi connectivity index (χ1) is 15.0. The van der Waals surface area contributed by atoms with Gasteiger partial charge < -0.3 is 4.90 Å². The topological polar surface area (TPSA) is 57.6 Å². The number of nitrogens with zero attached hydrogens (tertiary/aromatic N) is 6. The van der Waals surface area contributed by atoms with Crippen LogP contribution in [-0.4, -0.2) is 76.8 Å². The molecule has 7 nitrogen and oxygen atoms in total. The summed E-state index contributed by atoms with van der Waals surface area (Å²) in [5.41, 5.74) is 3.51. The maximum Gasteiger partial charge on any atom is 0.143 e. The predicted octanol–water partition coefficient (Wildman–Crippen LogP) is 2.91. The van der Waals surface area contributed by atoms with E-state index in [1.165, 1.54) is 25.5 Å². The minimum atomic E-state index is -0.317. The molecule has 1 spiro atoms. The molecule has 0 N–H and O–H groups in total. The van der Waals surface area contributed by atoms with Crippen molar-refractivity contribution in [3.05, 3.63) is 36.2 Å². The number of rotatable bonds is 5. The normalized spacial score (nSPS) is 24.0. The maximum absolute atomic E-state index is 14.1. The van der Waals surface area contributed by atoms with E-state index in [1.54, 1.807) is 18.5 Å². The van der Waals surface area contributed by atoms with Gasteiger partial charge in [-0.05, 0) is 33.1 Å². The van der Waals surface area contributed by atoms with Crippen LogP contribution in [0.1, 0.15) is 31.9 Å². The molecule has 31 heavy (non-hydrogen) atoms. The van der Waals surface area contributed by atoms with Gasteiger partial charge in [-0.1, -0.05) is 0 Å². The van der Waals surface area contributed by atoms with E-state index in [9.17, 15) is 4.39 Å². The zero-order chi connectivity index (χ0) is 21.4. The van der Waals surface area contributed by atoms with Crippen LogP contribution in [0.15, 0.2) is 24.7 Å². The molecule has 1 saturated carbocycles. The summed E-state index contributed by atoms with van der Waals surface area (Å²) in [6.45, 7) is 10.6.